The normalized spacial score (nSPS) is 11.3. The summed E-state index contributed by atoms with van der Waals surface area (Å²) in [6.07, 6.45) is 2.14. The Kier molecular flexibility index (Phi) is 6.48. The van der Waals surface area contributed by atoms with E-state index in [4.69, 9.17) is 11.6 Å². The van der Waals surface area contributed by atoms with Crippen molar-refractivity contribution in [2.24, 2.45) is 0 Å². The van der Waals surface area contributed by atoms with Crippen molar-refractivity contribution in [3.8, 4) is 5.69 Å². The molecule has 0 unspecified atom stereocenters. The van der Waals surface area contributed by atoms with Gasteiger partial charge in [-0.15, -0.1) is 0 Å². The second kappa shape index (κ2) is 8.89. The minimum Gasteiger partial charge on any atom is -0.322 e. The van der Waals surface area contributed by atoms with Gasteiger partial charge in [0.25, 0.3) is 5.91 Å². The van der Waals surface area contributed by atoms with Gasteiger partial charge in [0.2, 0.25) is 10.0 Å². The summed E-state index contributed by atoms with van der Waals surface area (Å²) in [5, 5.41) is 7.81. The number of hydrogen-bond acceptors (Lipinski definition) is 4. The van der Waals surface area contributed by atoms with E-state index in [1.807, 2.05) is 19.1 Å². The number of aromatic nitrogens is 2. The van der Waals surface area contributed by atoms with Gasteiger partial charge in [-0.2, -0.15) is 5.10 Å². The van der Waals surface area contributed by atoms with E-state index in [2.05, 4.69) is 15.1 Å². The number of nitrogens with one attached hydrogen (secondary N) is 2. The van der Waals surface area contributed by atoms with E-state index in [0.29, 0.717) is 33.9 Å². The van der Waals surface area contributed by atoms with Gasteiger partial charge < -0.3 is 5.32 Å². The number of nitrogens with zero attached hydrogens (tertiary/aromatic N) is 2. The Morgan fingerprint density at radius 2 is 1.93 bits per heavy atom. The van der Waals surface area contributed by atoms with Gasteiger partial charge in [0.15, 0.2) is 0 Å². The maximum Gasteiger partial charge on any atom is 0.259 e. The summed E-state index contributed by atoms with van der Waals surface area (Å²) < 4.78 is 27.8. The molecule has 30 heavy (non-hydrogen) atoms. The average molecular weight is 447 g/mol. The number of halogens is 1. The van der Waals surface area contributed by atoms with E-state index in [1.54, 1.807) is 48.9 Å². The third-order valence-electron chi connectivity index (χ3n) is 4.63. The average Bonchev–Trinajstić information content (AvgIpc) is 3.14. The SMILES string of the molecule is CCc1c(C(=O)Nc2ccc(NS(=O)(=O)CC)c(C)c2)cnn1-c1cccc(Cl)c1. The molecule has 0 atom stereocenters. The van der Waals surface area contributed by atoms with Crippen LogP contribution in [0.1, 0.15) is 35.5 Å². The van der Waals surface area contributed by atoms with Crippen molar-refractivity contribution in [1.82, 2.24) is 9.78 Å². The summed E-state index contributed by atoms with van der Waals surface area (Å²) >= 11 is 6.08. The molecule has 1 amide bonds. The minimum atomic E-state index is -3.37. The molecule has 0 saturated heterocycles. The maximum atomic E-state index is 12.9. The highest BCUT2D eigenvalue weighted by atomic mass is 35.5. The lowest BCUT2D eigenvalue weighted by Gasteiger charge is -2.12. The molecule has 0 saturated carbocycles. The van der Waals surface area contributed by atoms with Crippen LogP contribution >= 0.6 is 11.6 Å². The molecule has 158 valence electrons. The molecule has 1 heterocycles. The van der Waals surface area contributed by atoms with E-state index in [0.717, 1.165) is 11.4 Å². The summed E-state index contributed by atoms with van der Waals surface area (Å²) in [5.74, 6) is -0.303. The number of benzene rings is 2. The summed E-state index contributed by atoms with van der Waals surface area (Å²) in [5.41, 5.74) is 3.76. The lowest BCUT2D eigenvalue weighted by atomic mass is 10.1. The molecule has 0 bridgehead atoms. The summed E-state index contributed by atoms with van der Waals surface area (Å²) in [7, 11) is -3.37. The van der Waals surface area contributed by atoms with Crippen molar-refractivity contribution in [1.29, 1.82) is 0 Å². The number of aryl methyl sites for hydroxylation is 1. The molecule has 0 aliphatic heterocycles. The molecule has 3 rings (SSSR count). The fraction of sp³-hybridized carbons (Fsp3) is 0.238. The summed E-state index contributed by atoms with van der Waals surface area (Å²) in [4.78, 5) is 12.9. The quantitative estimate of drug-likeness (QED) is 0.562. The minimum absolute atomic E-state index is 0.0126. The maximum absolute atomic E-state index is 12.9. The topological polar surface area (TPSA) is 93.1 Å². The lowest BCUT2D eigenvalue weighted by molar-refractivity contribution is 0.102. The highest BCUT2D eigenvalue weighted by Gasteiger charge is 2.18. The standard InChI is InChI=1S/C21H23ClN4O3S/c1-4-20-18(13-23-26(20)17-8-6-7-15(22)12-17)21(27)24-16-9-10-19(14(3)11-16)25-30(28,29)5-2/h6-13,25H,4-5H2,1-3H3,(H,24,27). The van der Waals surface area contributed by atoms with Crippen molar-refractivity contribution in [3.05, 3.63) is 70.5 Å². The number of sulfonamides is 1. The Balaban J connectivity index is 1.84. The van der Waals surface area contributed by atoms with Crippen LogP contribution in [0, 0.1) is 6.92 Å². The van der Waals surface area contributed by atoms with E-state index < -0.39 is 10.0 Å². The van der Waals surface area contributed by atoms with Crippen LogP contribution in [0.2, 0.25) is 5.02 Å². The predicted molar refractivity (Wildman–Crippen MR) is 120 cm³/mol. The second-order valence-corrected chi connectivity index (χ2v) is 9.19. The van der Waals surface area contributed by atoms with Gasteiger partial charge >= 0.3 is 0 Å². The smallest absolute Gasteiger partial charge is 0.259 e. The Morgan fingerprint density at radius 1 is 1.17 bits per heavy atom. The number of carbonyl (C=O) groups excluding carboxylic acids is 1. The van der Waals surface area contributed by atoms with Crippen molar-refractivity contribution >= 4 is 38.9 Å². The number of anilines is 2. The zero-order chi connectivity index (χ0) is 21.9. The summed E-state index contributed by atoms with van der Waals surface area (Å²) in [6, 6.07) is 12.3. The van der Waals surface area contributed by atoms with Crippen LogP contribution in [0.5, 0.6) is 0 Å². The first kappa shape index (κ1) is 21.9. The van der Waals surface area contributed by atoms with Crippen molar-refractivity contribution < 1.29 is 13.2 Å². The monoisotopic (exact) mass is 446 g/mol. The first-order valence-corrected chi connectivity index (χ1v) is 11.5. The zero-order valence-electron chi connectivity index (χ0n) is 16.9. The molecule has 0 radical (unpaired) electrons. The number of rotatable bonds is 7. The van der Waals surface area contributed by atoms with E-state index >= 15 is 0 Å². The molecular formula is C21H23ClN4O3S. The molecular weight excluding hydrogens is 424 g/mol. The Hall–Kier alpha value is -2.84. The number of hydrogen-bond donors (Lipinski definition) is 2. The fourth-order valence-corrected chi connectivity index (χ4v) is 3.92. The predicted octanol–water partition coefficient (Wildman–Crippen LogP) is 4.41. The molecule has 0 fully saturated rings. The first-order chi connectivity index (χ1) is 14.2. The molecule has 2 aromatic carbocycles. The van der Waals surface area contributed by atoms with Gasteiger partial charge in [0.1, 0.15) is 0 Å². The van der Waals surface area contributed by atoms with Crippen molar-refractivity contribution in [3.63, 3.8) is 0 Å². The second-order valence-electron chi connectivity index (χ2n) is 6.74. The molecule has 7 nitrogen and oxygen atoms in total. The first-order valence-electron chi connectivity index (χ1n) is 9.49. The Bertz CT molecular complexity index is 1190. The van der Waals surface area contributed by atoms with Gasteiger partial charge in [-0.05, 0) is 62.2 Å². The zero-order valence-corrected chi connectivity index (χ0v) is 18.5. The van der Waals surface area contributed by atoms with Crippen LogP contribution < -0.4 is 10.0 Å². The Morgan fingerprint density at radius 3 is 2.57 bits per heavy atom. The van der Waals surface area contributed by atoms with Crippen LogP contribution in [0.25, 0.3) is 5.69 Å². The van der Waals surface area contributed by atoms with Gasteiger partial charge in [0.05, 0.1) is 34.6 Å². The fourth-order valence-electron chi connectivity index (χ4n) is 3.03. The van der Waals surface area contributed by atoms with E-state index in [9.17, 15) is 13.2 Å². The van der Waals surface area contributed by atoms with Gasteiger partial charge in [-0.25, -0.2) is 13.1 Å². The molecule has 2 N–H and O–H groups in total. The number of carbonyl (C=O) groups is 1. The molecule has 1 aromatic heterocycles. The third-order valence-corrected chi connectivity index (χ3v) is 6.16. The van der Waals surface area contributed by atoms with Crippen LogP contribution in [0.15, 0.2) is 48.7 Å². The highest BCUT2D eigenvalue weighted by Crippen LogP contribution is 2.23. The molecule has 9 heteroatoms. The van der Waals surface area contributed by atoms with Gasteiger partial charge in [-0.1, -0.05) is 24.6 Å². The van der Waals surface area contributed by atoms with Crippen LogP contribution in [0.3, 0.4) is 0 Å². The largest absolute Gasteiger partial charge is 0.322 e. The summed E-state index contributed by atoms with van der Waals surface area (Å²) in [6.45, 7) is 5.30. The van der Waals surface area contributed by atoms with Crippen LogP contribution in [0.4, 0.5) is 11.4 Å². The van der Waals surface area contributed by atoms with E-state index in [-0.39, 0.29) is 11.7 Å². The van der Waals surface area contributed by atoms with Crippen LogP contribution in [-0.4, -0.2) is 29.9 Å². The van der Waals surface area contributed by atoms with Crippen molar-refractivity contribution in [2.75, 3.05) is 15.8 Å². The highest BCUT2D eigenvalue weighted by molar-refractivity contribution is 7.92. The molecule has 0 aliphatic rings. The van der Waals surface area contributed by atoms with Gasteiger partial charge in [-0.3, -0.25) is 9.52 Å². The molecule has 3 aromatic rings. The molecule has 0 spiro atoms. The third kappa shape index (κ3) is 4.83. The van der Waals surface area contributed by atoms with Gasteiger partial charge in [0, 0.05) is 10.7 Å². The van der Waals surface area contributed by atoms with Crippen LogP contribution in [-0.2, 0) is 16.4 Å². The lowest BCUT2D eigenvalue weighted by Crippen LogP contribution is -2.16. The number of amides is 1. The molecule has 0 aliphatic carbocycles. The Labute approximate surface area is 181 Å². The van der Waals surface area contributed by atoms with E-state index in [1.165, 1.54) is 6.20 Å². The van der Waals surface area contributed by atoms with Crippen molar-refractivity contribution in [2.45, 2.75) is 27.2 Å².